The number of aryl methyl sites for hydroxylation is 1. The van der Waals surface area contributed by atoms with Crippen LogP contribution in [0.15, 0.2) is 24.3 Å². The van der Waals surface area contributed by atoms with Crippen LogP contribution in [-0.2, 0) is 4.79 Å². The molecule has 2 heterocycles. The van der Waals surface area contributed by atoms with Gasteiger partial charge in [-0.1, -0.05) is 23.7 Å². The second-order valence-corrected chi connectivity index (χ2v) is 8.17. The van der Waals surface area contributed by atoms with Crippen LogP contribution in [0.3, 0.4) is 0 Å². The molecule has 2 aromatic rings. The molecule has 0 radical (unpaired) electrons. The van der Waals surface area contributed by atoms with E-state index in [-0.39, 0.29) is 23.8 Å². The first-order chi connectivity index (χ1) is 12.5. The van der Waals surface area contributed by atoms with Gasteiger partial charge in [-0.25, -0.2) is 0 Å². The molecule has 7 heteroatoms. The molecule has 0 saturated heterocycles. The topological polar surface area (TPSA) is 67.4 Å². The Balaban J connectivity index is 1.50. The van der Waals surface area contributed by atoms with Crippen molar-refractivity contribution in [3.05, 3.63) is 45.3 Å². The van der Waals surface area contributed by atoms with E-state index < -0.39 is 0 Å². The van der Waals surface area contributed by atoms with Gasteiger partial charge in [0.2, 0.25) is 5.91 Å². The molecule has 4 rings (SSSR count). The summed E-state index contributed by atoms with van der Waals surface area (Å²) in [5.74, 6) is 0.688. The van der Waals surface area contributed by atoms with Crippen LogP contribution < -0.4 is 15.4 Å². The van der Waals surface area contributed by atoms with Gasteiger partial charge in [0.1, 0.15) is 5.75 Å². The Labute approximate surface area is 160 Å². The Bertz CT molecular complexity index is 876. The number of amides is 2. The number of hydrogen-bond donors (Lipinski definition) is 2. The van der Waals surface area contributed by atoms with Crippen molar-refractivity contribution in [3.8, 4) is 5.75 Å². The van der Waals surface area contributed by atoms with Gasteiger partial charge in [-0.15, -0.1) is 11.3 Å². The first-order valence-electron chi connectivity index (χ1n) is 8.66. The lowest BCUT2D eigenvalue weighted by molar-refractivity contribution is -0.117. The Morgan fingerprint density at radius 2 is 2.08 bits per heavy atom. The van der Waals surface area contributed by atoms with Crippen LogP contribution >= 0.6 is 22.9 Å². The smallest absolute Gasteiger partial charge is 0.262 e. The second-order valence-electron chi connectivity index (χ2n) is 6.71. The summed E-state index contributed by atoms with van der Waals surface area (Å²) in [6.07, 6.45) is 2.60. The van der Waals surface area contributed by atoms with Gasteiger partial charge in [0, 0.05) is 17.9 Å². The molecule has 1 aromatic heterocycles. The fraction of sp³-hybridized carbons (Fsp3) is 0.368. The molecule has 5 nitrogen and oxygen atoms in total. The predicted octanol–water partition coefficient (Wildman–Crippen LogP) is 4.31. The number of ether oxygens (including phenoxy) is 1. The molecule has 136 valence electrons. The third kappa shape index (κ3) is 3.44. The third-order valence-electron chi connectivity index (χ3n) is 4.65. The highest BCUT2D eigenvalue weighted by Crippen LogP contribution is 2.38. The van der Waals surface area contributed by atoms with Crippen LogP contribution in [-0.4, -0.2) is 18.4 Å². The monoisotopic (exact) mass is 390 g/mol. The highest BCUT2D eigenvalue weighted by atomic mass is 35.5. The number of para-hydroxylation sites is 1. The molecule has 2 aliphatic rings. The molecule has 1 fully saturated rings. The van der Waals surface area contributed by atoms with E-state index in [0.29, 0.717) is 28.7 Å². The lowest BCUT2D eigenvalue weighted by Gasteiger charge is -2.27. The maximum Gasteiger partial charge on any atom is 0.262 e. The Hall–Kier alpha value is -2.05. The molecule has 0 bridgehead atoms. The minimum Gasteiger partial charge on any atom is -0.492 e. The summed E-state index contributed by atoms with van der Waals surface area (Å²) in [6.45, 7) is 2.39. The van der Waals surface area contributed by atoms with Crippen molar-refractivity contribution in [1.29, 1.82) is 0 Å². The van der Waals surface area contributed by atoms with Gasteiger partial charge < -0.3 is 15.4 Å². The second kappa shape index (κ2) is 6.93. The molecular formula is C19H19ClN2O3S. The molecular weight excluding hydrogens is 372 g/mol. The zero-order valence-corrected chi connectivity index (χ0v) is 15.9. The molecule has 2 amide bonds. The Morgan fingerprint density at radius 1 is 1.27 bits per heavy atom. The van der Waals surface area contributed by atoms with Gasteiger partial charge in [0.25, 0.3) is 5.91 Å². The number of fused-ring (bicyclic) bond motifs is 1. The zero-order valence-electron chi connectivity index (χ0n) is 14.3. The van der Waals surface area contributed by atoms with Gasteiger partial charge >= 0.3 is 0 Å². The fourth-order valence-corrected chi connectivity index (χ4v) is 4.31. The van der Waals surface area contributed by atoms with Gasteiger partial charge in [-0.2, -0.15) is 0 Å². The number of rotatable bonds is 4. The number of hydrogen-bond acceptors (Lipinski definition) is 4. The summed E-state index contributed by atoms with van der Waals surface area (Å²) in [7, 11) is 0. The van der Waals surface area contributed by atoms with Crippen LogP contribution in [0.1, 0.15) is 46.1 Å². The van der Waals surface area contributed by atoms with Crippen LogP contribution in [0.25, 0.3) is 0 Å². The van der Waals surface area contributed by atoms with Crippen molar-refractivity contribution in [2.45, 2.75) is 32.2 Å². The van der Waals surface area contributed by atoms with E-state index in [0.717, 1.165) is 29.0 Å². The van der Waals surface area contributed by atoms with Crippen molar-refractivity contribution in [3.63, 3.8) is 0 Å². The van der Waals surface area contributed by atoms with Crippen molar-refractivity contribution in [2.24, 2.45) is 5.92 Å². The summed E-state index contributed by atoms with van der Waals surface area (Å²) in [5.41, 5.74) is 1.76. The van der Waals surface area contributed by atoms with Gasteiger partial charge in [0.15, 0.2) is 0 Å². The molecule has 1 aliphatic heterocycles. The van der Waals surface area contributed by atoms with E-state index in [4.69, 9.17) is 16.3 Å². The largest absolute Gasteiger partial charge is 0.492 e. The number of nitrogens with one attached hydrogen (secondary N) is 2. The fourth-order valence-electron chi connectivity index (χ4n) is 3.10. The highest BCUT2D eigenvalue weighted by molar-refractivity contribution is 7.18. The summed E-state index contributed by atoms with van der Waals surface area (Å²) >= 11 is 7.51. The third-order valence-corrected chi connectivity index (χ3v) is 6.10. The van der Waals surface area contributed by atoms with E-state index in [9.17, 15) is 9.59 Å². The number of thiophene rings is 1. The van der Waals surface area contributed by atoms with Crippen LogP contribution in [0, 0.1) is 12.8 Å². The summed E-state index contributed by atoms with van der Waals surface area (Å²) < 4.78 is 5.64. The SMILES string of the molecule is Cc1cc(NC(=O)C2CC2)sc1C(=O)NC1CCOc2c(Cl)cccc21. The summed E-state index contributed by atoms with van der Waals surface area (Å²) in [5, 5.41) is 7.27. The van der Waals surface area contributed by atoms with E-state index in [2.05, 4.69) is 10.6 Å². The molecule has 1 aliphatic carbocycles. The Morgan fingerprint density at radius 3 is 2.85 bits per heavy atom. The zero-order chi connectivity index (χ0) is 18.3. The summed E-state index contributed by atoms with van der Waals surface area (Å²) in [6, 6.07) is 7.28. The summed E-state index contributed by atoms with van der Waals surface area (Å²) in [4.78, 5) is 25.3. The lowest BCUT2D eigenvalue weighted by atomic mass is 10.0. The number of halogens is 1. The van der Waals surface area contributed by atoms with E-state index in [1.807, 2.05) is 25.1 Å². The standard InChI is InChI=1S/C19H19ClN2O3S/c1-10-9-15(22-18(23)11-5-6-11)26-17(10)19(24)21-14-7-8-25-16-12(14)3-2-4-13(16)20/h2-4,9,11,14H,5-8H2,1H3,(H,21,24)(H,22,23). The van der Waals surface area contributed by atoms with E-state index in [1.54, 1.807) is 6.07 Å². The number of carbonyl (C=O) groups excluding carboxylic acids is 2. The minimum absolute atomic E-state index is 0.0474. The first-order valence-corrected chi connectivity index (χ1v) is 9.85. The van der Waals surface area contributed by atoms with Crippen LogP contribution in [0.5, 0.6) is 5.75 Å². The van der Waals surface area contributed by atoms with Crippen molar-refractivity contribution in [2.75, 3.05) is 11.9 Å². The average Bonchev–Trinajstić information content (AvgIpc) is 3.40. The molecule has 1 saturated carbocycles. The van der Waals surface area contributed by atoms with Crippen molar-refractivity contribution < 1.29 is 14.3 Å². The normalized spacial score (nSPS) is 18.6. The van der Waals surface area contributed by atoms with Gasteiger partial charge in [0.05, 0.1) is 27.5 Å². The number of carbonyl (C=O) groups is 2. The van der Waals surface area contributed by atoms with E-state index >= 15 is 0 Å². The molecule has 2 N–H and O–H groups in total. The average molecular weight is 391 g/mol. The Kier molecular flexibility index (Phi) is 4.63. The molecule has 1 atom stereocenters. The maximum absolute atomic E-state index is 12.8. The van der Waals surface area contributed by atoms with Gasteiger partial charge in [-0.05, 0) is 37.5 Å². The number of benzene rings is 1. The van der Waals surface area contributed by atoms with Crippen LogP contribution in [0.2, 0.25) is 5.02 Å². The lowest BCUT2D eigenvalue weighted by Crippen LogP contribution is -2.32. The molecule has 0 spiro atoms. The quantitative estimate of drug-likeness (QED) is 0.817. The predicted molar refractivity (Wildman–Crippen MR) is 102 cm³/mol. The van der Waals surface area contributed by atoms with Crippen molar-refractivity contribution in [1.82, 2.24) is 5.32 Å². The van der Waals surface area contributed by atoms with Crippen LogP contribution in [0.4, 0.5) is 5.00 Å². The molecule has 26 heavy (non-hydrogen) atoms. The number of anilines is 1. The minimum atomic E-state index is -0.143. The highest BCUT2D eigenvalue weighted by Gasteiger charge is 2.30. The van der Waals surface area contributed by atoms with E-state index in [1.165, 1.54) is 11.3 Å². The first kappa shape index (κ1) is 17.4. The molecule has 1 unspecified atom stereocenters. The van der Waals surface area contributed by atoms with Gasteiger partial charge in [-0.3, -0.25) is 9.59 Å². The maximum atomic E-state index is 12.8. The molecule has 1 aromatic carbocycles. The van der Waals surface area contributed by atoms with Crippen molar-refractivity contribution >= 4 is 39.8 Å².